The zero-order valence-corrected chi connectivity index (χ0v) is 16.5. The molecule has 0 fully saturated rings. The highest BCUT2D eigenvalue weighted by Crippen LogP contribution is 2.28. The highest BCUT2D eigenvalue weighted by molar-refractivity contribution is 9.10. The first-order valence-corrected chi connectivity index (χ1v) is 9.44. The molecule has 1 aromatic heterocycles. The van der Waals surface area contributed by atoms with Crippen molar-refractivity contribution in [3.63, 3.8) is 0 Å². The van der Waals surface area contributed by atoms with Crippen LogP contribution in [0.3, 0.4) is 0 Å². The number of carbonyl (C=O) groups is 1. The molecule has 0 radical (unpaired) electrons. The third kappa shape index (κ3) is 4.74. The minimum absolute atomic E-state index is 0.0436. The van der Waals surface area contributed by atoms with Crippen LogP contribution in [0.15, 0.2) is 63.6 Å². The van der Waals surface area contributed by atoms with Crippen molar-refractivity contribution in [3.8, 4) is 11.3 Å². The lowest BCUT2D eigenvalue weighted by Gasteiger charge is -2.14. The number of nitrogens with zero attached hydrogens (tertiary/aromatic N) is 1. The third-order valence-electron chi connectivity index (χ3n) is 4.01. The second-order valence-corrected chi connectivity index (χ2v) is 7.26. The fourth-order valence-electron chi connectivity index (χ4n) is 2.58. The van der Waals surface area contributed by atoms with E-state index in [0.29, 0.717) is 29.5 Å². The van der Waals surface area contributed by atoms with Crippen molar-refractivity contribution < 1.29 is 9.21 Å². The Bertz CT molecular complexity index is 893. The number of hydrogen-bond donors (Lipinski definition) is 1. The topological polar surface area (TPSA) is 55.1 Å². The molecule has 26 heavy (non-hydrogen) atoms. The predicted molar refractivity (Wildman–Crippen MR) is 106 cm³/mol. The smallest absolute Gasteiger partial charge is 0.220 e. The van der Waals surface area contributed by atoms with E-state index in [0.717, 1.165) is 15.6 Å². The van der Waals surface area contributed by atoms with Crippen molar-refractivity contribution in [1.29, 1.82) is 0 Å². The number of benzene rings is 2. The van der Waals surface area contributed by atoms with Crippen LogP contribution < -0.4 is 5.32 Å². The van der Waals surface area contributed by atoms with Crippen LogP contribution >= 0.6 is 27.5 Å². The van der Waals surface area contributed by atoms with Crippen LogP contribution in [-0.2, 0) is 11.2 Å². The van der Waals surface area contributed by atoms with Gasteiger partial charge < -0.3 is 9.73 Å². The van der Waals surface area contributed by atoms with Gasteiger partial charge in [-0.05, 0) is 36.8 Å². The van der Waals surface area contributed by atoms with Crippen molar-refractivity contribution in [2.24, 2.45) is 0 Å². The summed E-state index contributed by atoms with van der Waals surface area (Å²) in [5, 5.41) is 3.60. The second-order valence-electron chi connectivity index (χ2n) is 5.94. The maximum Gasteiger partial charge on any atom is 0.220 e. The van der Waals surface area contributed by atoms with Gasteiger partial charge in [-0.15, -0.1) is 0 Å². The number of amides is 1. The van der Waals surface area contributed by atoms with E-state index in [1.807, 2.05) is 49.4 Å². The van der Waals surface area contributed by atoms with Gasteiger partial charge in [0.05, 0.1) is 17.3 Å². The fourth-order valence-corrected chi connectivity index (χ4v) is 3.07. The van der Waals surface area contributed by atoms with Gasteiger partial charge in [0.15, 0.2) is 11.7 Å². The Morgan fingerprint density at radius 2 is 1.96 bits per heavy atom. The van der Waals surface area contributed by atoms with Crippen molar-refractivity contribution in [3.05, 3.63) is 75.7 Å². The van der Waals surface area contributed by atoms with Crippen LogP contribution in [-0.4, -0.2) is 10.9 Å². The molecule has 1 atom stereocenters. The van der Waals surface area contributed by atoms with Gasteiger partial charge in [0.25, 0.3) is 0 Å². The minimum Gasteiger partial charge on any atom is -0.441 e. The summed E-state index contributed by atoms with van der Waals surface area (Å²) in [5.41, 5.74) is 1.85. The lowest BCUT2D eigenvalue weighted by atomic mass is 10.1. The Morgan fingerprint density at radius 1 is 1.23 bits per heavy atom. The van der Waals surface area contributed by atoms with Crippen molar-refractivity contribution >= 4 is 33.4 Å². The number of rotatable bonds is 6. The summed E-state index contributed by atoms with van der Waals surface area (Å²) in [5.74, 6) is 1.08. The lowest BCUT2D eigenvalue weighted by molar-refractivity contribution is -0.121. The predicted octanol–water partition coefficient (Wildman–Crippen LogP) is 5.57. The number of carbonyl (C=O) groups excluding carboxylic acids is 1. The highest BCUT2D eigenvalue weighted by atomic mass is 79.9. The van der Waals surface area contributed by atoms with Gasteiger partial charge in [0.2, 0.25) is 5.91 Å². The molecule has 0 spiro atoms. The van der Waals surface area contributed by atoms with Gasteiger partial charge in [-0.1, -0.05) is 51.8 Å². The molecule has 2 aromatic carbocycles. The molecular formula is C20H18BrClN2O2. The van der Waals surface area contributed by atoms with Gasteiger partial charge in [-0.25, -0.2) is 4.98 Å². The molecule has 134 valence electrons. The molecule has 0 unspecified atom stereocenters. The summed E-state index contributed by atoms with van der Waals surface area (Å²) in [7, 11) is 0. The highest BCUT2D eigenvalue weighted by Gasteiger charge is 2.13. The summed E-state index contributed by atoms with van der Waals surface area (Å²) in [4.78, 5) is 16.4. The summed E-state index contributed by atoms with van der Waals surface area (Å²) in [6, 6.07) is 15.3. The Balaban J connectivity index is 1.55. The summed E-state index contributed by atoms with van der Waals surface area (Å²) in [6.45, 7) is 1.96. The van der Waals surface area contributed by atoms with Crippen LogP contribution in [0.25, 0.3) is 11.3 Å². The van der Waals surface area contributed by atoms with Crippen LogP contribution in [0.2, 0.25) is 5.02 Å². The number of aryl methyl sites for hydroxylation is 1. The average Bonchev–Trinajstić information content (AvgIpc) is 3.09. The van der Waals surface area contributed by atoms with Crippen molar-refractivity contribution in [2.45, 2.75) is 25.8 Å². The van der Waals surface area contributed by atoms with Crippen LogP contribution in [0.4, 0.5) is 0 Å². The van der Waals surface area contributed by atoms with Crippen molar-refractivity contribution in [1.82, 2.24) is 10.3 Å². The van der Waals surface area contributed by atoms with E-state index in [1.54, 1.807) is 12.3 Å². The molecule has 4 nitrogen and oxygen atoms in total. The quantitative estimate of drug-likeness (QED) is 0.553. The van der Waals surface area contributed by atoms with E-state index in [2.05, 4.69) is 26.2 Å². The Hall–Kier alpha value is -2.11. The first-order valence-electron chi connectivity index (χ1n) is 8.27. The van der Waals surface area contributed by atoms with Gasteiger partial charge in [0, 0.05) is 22.9 Å². The molecule has 0 aliphatic carbocycles. The maximum atomic E-state index is 12.2. The van der Waals surface area contributed by atoms with Gasteiger partial charge in [-0.3, -0.25) is 4.79 Å². The first-order chi connectivity index (χ1) is 12.5. The number of hydrogen-bond acceptors (Lipinski definition) is 3. The average molecular weight is 434 g/mol. The van der Waals surface area contributed by atoms with Crippen LogP contribution in [0.5, 0.6) is 0 Å². The van der Waals surface area contributed by atoms with Crippen molar-refractivity contribution in [2.75, 3.05) is 0 Å². The number of nitrogens with one attached hydrogen (secondary N) is 1. The first kappa shape index (κ1) is 18.7. The third-order valence-corrected chi connectivity index (χ3v) is 4.86. The standard InChI is InChI=1S/C20H18BrClN2O2/c1-13(14-6-8-15(21)9-7-14)24-19(25)10-11-20-23-12-18(26-20)16-4-2-3-5-17(16)22/h2-9,12-13H,10-11H2,1H3,(H,24,25)/t13-/m1/s1. The Kier molecular flexibility index (Phi) is 6.12. The molecule has 3 aromatic rings. The van der Waals surface area contributed by atoms with E-state index in [-0.39, 0.29) is 11.9 Å². The number of aromatic nitrogens is 1. The lowest BCUT2D eigenvalue weighted by Crippen LogP contribution is -2.26. The second kappa shape index (κ2) is 8.52. The van der Waals surface area contributed by atoms with E-state index in [4.69, 9.17) is 16.0 Å². The maximum absolute atomic E-state index is 12.2. The van der Waals surface area contributed by atoms with E-state index >= 15 is 0 Å². The zero-order chi connectivity index (χ0) is 18.5. The summed E-state index contributed by atoms with van der Waals surface area (Å²) < 4.78 is 6.73. The van der Waals surface area contributed by atoms with Gasteiger partial charge >= 0.3 is 0 Å². The molecule has 0 saturated carbocycles. The van der Waals surface area contributed by atoms with Crippen LogP contribution in [0.1, 0.15) is 30.8 Å². The van der Waals surface area contributed by atoms with E-state index in [9.17, 15) is 4.79 Å². The molecule has 0 aliphatic heterocycles. The monoisotopic (exact) mass is 432 g/mol. The fraction of sp³-hybridized carbons (Fsp3) is 0.200. The molecule has 1 N–H and O–H groups in total. The molecule has 0 saturated heterocycles. The van der Waals surface area contributed by atoms with Gasteiger partial charge in [0.1, 0.15) is 0 Å². The number of oxazole rings is 1. The number of halogens is 2. The summed E-state index contributed by atoms with van der Waals surface area (Å²) in [6.07, 6.45) is 2.38. The zero-order valence-electron chi connectivity index (χ0n) is 14.2. The Labute approximate surface area is 165 Å². The normalized spacial score (nSPS) is 12.0. The molecular weight excluding hydrogens is 416 g/mol. The molecule has 0 bridgehead atoms. The Morgan fingerprint density at radius 3 is 2.69 bits per heavy atom. The molecule has 6 heteroatoms. The van der Waals surface area contributed by atoms with E-state index in [1.165, 1.54) is 0 Å². The summed E-state index contributed by atoms with van der Waals surface area (Å²) >= 11 is 9.57. The van der Waals surface area contributed by atoms with E-state index < -0.39 is 0 Å². The largest absolute Gasteiger partial charge is 0.441 e. The SMILES string of the molecule is C[C@@H](NC(=O)CCc1ncc(-c2ccccc2Cl)o1)c1ccc(Br)cc1. The van der Waals surface area contributed by atoms with Gasteiger partial charge in [-0.2, -0.15) is 0 Å². The molecule has 3 rings (SSSR count). The van der Waals surface area contributed by atoms with Crippen LogP contribution in [0, 0.1) is 0 Å². The molecule has 0 aliphatic rings. The molecule has 1 amide bonds. The molecule has 1 heterocycles. The minimum atomic E-state index is -0.0566.